The molecule has 0 amide bonds. The molecule has 8 bridgehead atoms. The van der Waals surface area contributed by atoms with Crippen LogP contribution in [-0.4, -0.2) is 97.4 Å². The minimum Gasteiger partial charge on any atom is -0.379 e. The molecule has 0 radical (unpaired) electrons. The van der Waals surface area contributed by atoms with Gasteiger partial charge in [0.1, 0.15) is 0 Å². The maximum Gasteiger partial charge on any atom is 0.0994 e. The number of fused-ring (bicyclic) bond motifs is 16. The molecule has 1 aromatic carbocycles. The number of benzene rings is 1. The van der Waals surface area contributed by atoms with Crippen molar-refractivity contribution in [3.8, 4) is 33.9 Å². The lowest BCUT2D eigenvalue weighted by Gasteiger charge is -2.24. The van der Waals surface area contributed by atoms with Crippen LogP contribution in [-0.2, 0) is 32.0 Å². The molecule has 0 spiro atoms. The quantitative estimate of drug-likeness (QED) is 0.285. The highest BCUT2D eigenvalue weighted by Crippen LogP contribution is 2.29. The molecule has 2 unspecified atom stereocenters. The Morgan fingerprint density at radius 3 is 1.70 bits per heavy atom. The topological polar surface area (TPSA) is 82.1 Å². The first kappa shape index (κ1) is 30.5. The third kappa shape index (κ3) is 8.75. The van der Waals surface area contributed by atoms with Crippen molar-refractivity contribution >= 4 is 0 Å². The molecule has 0 saturated carbocycles. The molecule has 2 aliphatic heterocycles. The Balaban J connectivity index is 1.41. The van der Waals surface area contributed by atoms with E-state index in [4.69, 9.17) is 33.9 Å². The minimum absolute atomic E-state index is 0.497. The van der Waals surface area contributed by atoms with Crippen LogP contribution in [0.2, 0.25) is 0 Å². The van der Waals surface area contributed by atoms with Crippen molar-refractivity contribution in [3.05, 3.63) is 90.3 Å². The molecule has 230 valence electrons. The maximum absolute atomic E-state index is 6.05. The predicted octanol–water partition coefficient (Wildman–Crippen LogP) is 4.92. The van der Waals surface area contributed by atoms with E-state index in [0.717, 1.165) is 71.3 Å². The van der Waals surface area contributed by atoms with E-state index in [-0.39, 0.29) is 0 Å². The first-order chi connectivity index (χ1) is 21.8. The van der Waals surface area contributed by atoms with E-state index < -0.39 is 0 Å². The molecule has 6 rings (SSSR count). The van der Waals surface area contributed by atoms with Crippen molar-refractivity contribution in [1.82, 2.24) is 24.8 Å². The number of pyridine rings is 3. The van der Waals surface area contributed by atoms with Crippen molar-refractivity contribution in [2.75, 3.05) is 72.6 Å². The average molecular weight is 596 g/mol. The molecule has 9 nitrogen and oxygen atoms in total. The minimum atomic E-state index is 0.497. The molecule has 0 aliphatic carbocycles. The van der Waals surface area contributed by atoms with Crippen molar-refractivity contribution in [2.24, 2.45) is 0 Å². The highest BCUT2D eigenvalue weighted by molar-refractivity contribution is 5.74. The summed E-state index contributed by atoms with van der Waals surface area (Å²) in [7, 11) is 0. The average Bonchev–Trinajstić information content (AvgIpc) is 3.06. The van der Waals surface area contributed by atoms with Crippen molar-refractivity contribution in [3.63, 3.8) is 0 Å². The fourth-order valence-corrected chi connectivity index (χ4v) is 5.44. The highest BCUT2D eigenvalue weighted by atomic mass is 16.5. The molecule has 2 aliphatic rings. The summed E-state index contributed by atoms with van der Waals surface area (Å²) < 4.78 is 23.8. The smallest absolute Gasteiger partial charge is 0.0994 e. The summed E-state index contributed by atoms with van der Waals surface area (Å²) in [6, 6.07) is 27.0. The Morgan fingerprint density at radius 1 is 0.455 bits per heavy atom. The molecule has 0 N–H and O–H groups in total. The number of hydrogen-bond donors (Lipinski definition) is 0. The van der Waals surface area contributed by atoms with Crippen LogP contribution in [0, 0.1) is 0 Å². The van der Waals surface area contributed by atoms with Crippen LogP contribution in [0.4, 0.5) is 0 Å². The van der Waals surface area contributed by atoms with Gasteiger partial charge in [-0.1, -0.05) is 42.5 Å². The lowest BCUT2D eigenvalue weighted by molar-refractivity contribution is -0.0205. The SMILES string of the molecule is c1ccc(-c2cc3nc(c2)-c2cccc(n2)CN2CCCOCCOCCN(CCOCCOC2)Cc2cccc-3n2)cc1. The summed E-state index contributed by atoms with van der Waals surface area (Å²) in [5.41, 5.74) is 7.44. The van der Waals surface area contributed by atoms with Crippen LogP contribution < -0.4 is 0 Å². The molecular weight excluding hydrogens is 554 g/mol. The summed E-state index contributed by atoms with van der Waals surface area (Å²) >= 11 is 0. The van der Waals surface area contributed by atoms with Gasteiger partial charge in [-0.25, -0.2) is 15.0 Å². The predicted molar refractivity (Wildman–Crippen MR) is 170 cm³/mol. The van der Waals surface area contributed by atoms with Crippen LogP contribution >= 0.6 is 0 Å². The molecule has 4 aromatic rings. The number of ether oxygens (including phenoxy) is 4. The zero-order chi connectivity index (χ0) is 29.8. The van der Waals surface area contributed by atoms with Crippen LogP contribution in [0.25, 0.3) is 33.9 Å². The first-order valence-electron chi connectivity index (χ1n) is 15.6. The third-order valence-electron chi connectivity index (χ3n) is 7.73. The Bertz CT molecular complexity index is 1380. The van der Waals surface area contributed by atoms with Gasteiger partial charge in [-0.3, -0.25) is 9.80 Å². The Morgan fingerprint density at radius 2 is 1.05 bits per heavy atom. The number of nitrogens with zero attached hydrogens (tertiary/aromatic N) is 5. The number of aromatic nitrogens is 3. The van der Waals surface area contributed by atoms with Crippen molar-refractivity contribution in [2.45, 2.75) is 19.5 Å². The Labute approximate surface area is 259 Å². The van der Waals surface area contributed by atoms with Crippen molar-refractivity contribution in [1.29, 1.82) is 0 Å². The largest absolute Gasteiger partial charge is 0.379 e. The van der Waals surface area contributed by atoms with Gasteiger partial charge in [-0.2, -0.15) is 0 Å². The summed E-state index contributed by atoms with van der Waals surface area (Å²) in [5, 5.41) is 0. The first-order valence-corrected chi connectivity index (χ1v) is 15.6. The molecule has 1 saturated heterocycles. The lowest BCUT2D eigenvalue weighted by Crippen LogP contribution is -2.32. The van der Waals surface area contributed by atoms with Gasteiger partial charge in [-0.05, 0) is 53.9 Å². The van der Waals surface area contributed by atoms with Gasteiger partial charge in [0, 0.05) is 39.3 Å². The van der Waals surface area contributed by atoms with Gasteiger partial charge in [0.25, 0.3) is 0 Å². The monoisotopic (exact) mass is 595 g/mol. The molecule has 9 heteroatoms. The van der Waals surface area contributed by atoms with E-state index in [2.05, 4.69) is 70.5 Å². The van der Waals surface area contributed by atoms with Crippen LogP contribution in [0.3, 0.4) is 0 Å². The summed E-state index contributed by atoms with van der Waals surface area (Å²) in [6.07, 6.45) is 0.891. The van der Waals surface area contributed by atoms with Gasteiger partial charge in [-0.15, -0.1) is 0 Å². The standard InChI is InChI=1S/C35H41N5O4/c1-2-7-28(8-3-1)29-23-34-32-11-4-9-30(36-32)25-39-14-17-42-20-19-41-16-6-13-40(27-44-22-21-43-18-15-39)26-31-10-5-12-33(37-31)35(24-29)38-34/h1-5,7-12,23-24H,6,13-22,25-27H2. The highest BCUT2D eigenvalue weighted by Gasteiger charge is 2.15. The lowest BCUT2D eigenvalue weighted by atomic mass is 10.0. The van der Waals surface area contributed by atoms with Crippen molar-refractivity contribution < 1.29 is 18.9 Å². The zero-order valence-corrected chi connectivity index (χ0v) is 25.3. The van der Waals surface area contributed by atoms with E-state index in [1.807, 2.05) is 18.2 Å². The molecule has 5 heterocycles. The third-order valence-corrected chi connectivity index (χ3v) is 7.73. The van der Waals surface area contributed by atoms with E-state index in [1.54, 1.807) is 0 Å². The molecular formula is C35H41N5O4. The second kappa shape index (κ2) is 15.9. The molecule has 1 fully saturated rings. The number of rotatable bonds is 1. The van der Waals surface area contributed by atoms with Gasteiger partial charge >= 0.3 is 0 Å². The molecule has 3 aromatic heterocycles. The van der Waals surface area contributed by atoms with Crippen LogP contribution in [0.15, 0.2) is 78.9 Å². The van der Waals surface area contributed by atoms with Crippen LogP contribution in [0.5, 0.6) is 0 Å². The maximum atomic E-state index is 6.05. The van der Waals surface area contributed by atoms with Gasteiger partial charge < -0.3 is 18.9 Å². The van der Waals surface area contributed by atoms with E-state index in [1.165, 1.54) is 0 Å². The van der Waals surface area contributed by atoms with E-state index in [9.17, 15) is 0 Å². The summed E-state index contributed by atoms with van der Waals surface area (Å²) in [6.45, 7) is 8.34. The Hall–Kier alpha value is -3.57. The second-order valence-electron chi connectivity index (χ2n) is 11.1. The van der Waals surface area contributed by atoms with Gasteiger partial charge in [0.05, 0.1) is 80.5 Å². The van der Waals surface area contributed by atoms with Crippen LogP contribution in [0.1, 0.15) is 17.8 Å². The normalized spacial score (nSPS) is 20.9. The fourth-order valence-electron chi connectivity index (χ4n) is 5.44. The van der Waals surface area contributed by atoms with Gasteiger partial charge in [0.15, 0.2) is 0 Å². The fraction of sp³-hybridized carbons (Fsp3) is 0.400. The molecule has 44 heavy (non-hydrogen) atoms. The van der Waals surface area contributed by atoms with Gasteiger partial charge in [0.2, 0.25) is 0 Å². The Kier molecular flexibility index (Phi) is 11.0. The van der Waals surface area contributed by atoms with E-state index in [0.29, 0.717) is 66.1 Å². The van der Waals surface area contributed by atoms with E-state index >= 15 is 0 Å². The zero-order valence-electron chi connectivity index (χ0n) is 25.3. The number of hydrogen-bond acceptors (Lipinski definition) is 9. The summed E-state index contributed by atoms with van der Waals surface area (Å²) in [4.78, 5) is 19.9. The summed E-state index contributed by atoms with van der Waals surface area (Å²) in [5.74, 6) is 0. The molecule has 2 atom stereocenters. The second-order valence-corrected chi connectivity index (χ2v) is 11.1.